The number of hydrogen-bond acceptors (Lipinski definition) is 6. The predicted octanol–water partition coefficient (Wildman–Crippen LogP) is 2.52. The normalized spacial score (nSPS) is 20.2. The molecule has 2 aliphatic heterocycles. The van der Waals surface area contributed by atoms with Crippen LogP contribution in [0.1, 0.15) is 53.3 Å². The Kier molecular flexibility index (Phi) is 4.38. The van der Waals surface area contributed by atoms with E-state index in [9.17, 15) is 4.79 Å². The molecule has 7 heteroatoms. The Hall–Kier alpha value is -2.44. The molecule has 1 atom stereocenters. The second-order valence-electron chi connectivity index (χ2n) is 7.51. The van der Waals surface area contributed by atoms with Crippen molar-refractivity contribution in [3.05, 3.63) is 34.8 Å². The highest BCUT2D eigenvalue weighted by molar-refractivity contribution is 5.89. The highest BCUT2D eigenvalue weighted by atomic mass is 16.4. The Morgan fingerprint density at radius 3 is 2.69 bits per heavy atom. The summed E-state index contributed by atoms with van der Waals surface area (Å²) in [6.45, 7) is 9.04. The molecule has 138 valence electrons. The van der Waals surface area contributed by atoms with Crippen LogP contribution in [0.15, 0.2) is 10.5 Å². The number of hydrogen-bond donors (Lipinski definition) is 0. The zero-order valence-electron chi connectivity index (χ0n) is 15.7. The van der Waals surface area contributed by atoms with Crippen LogP contribution >= 0.6 is 0 Å². The smallest absolute Gasteiger partial charge is 0.309 e. The number of aryl methyl sites for hydroxylation is 2. The number of aromatic nitrogens is 3. The fourth-order valence-corrected chi connectivity index (χ4v) is 3.82. The molecule has 0 aromatic carbocycles. The molecule has 0 radical (unpaired) electrons. The molecule has 7 nitrogen and oxygen atoms in total. The third kappa shape index (κ3) is 3.30. The molecule has 0 aliphatic carbocycles. The minimum absolute atomic E-state index is 0.0832. The van der Waals surface area contributed by atoms with Crippen molar-refractivity contribution in [2.24, 2.45) is 5.92 Å². The van der Waals surface area contributed by atoms with E-state index in [2.05, 4.69) is 26.8 Å². The SMILES string of the molecule is Cc1cc(C)nc(N2CCc3oc(C(=O)N4CCCC(C)C4)nc3C2)n1. The van der Waals surface area contributed by atoms with E-state index in [0.717, 1.165) is 48.9 Å². The standard InChI is InChI=1S/C19H25N5O2/c1-12-5-4-7-23(10-12)18(25)17-22-15-11-24(8-6-16(15)26-17)19-20-13(2)9-14(3)21-19/h9,12H,4-8,10-11H2,1-3H3. The van der Waals surface area contributed by atoms with Crippen LogP contribution in [0.2, 0.25) is 0 Å². The maximum absolute atomic E-state index is 12.7. The maximum atomic E-state index is 12.7. The van der Waals surface area contributed by atoms with Gasteiger partial charge in [0.1, 0.15) is 11.5 Å². The van der Waals surface area contributed by atoms with Crippen molar-refractivity contribution < 1.29 is 9.21 Å². The summed E-state index contributed by atoms with van der Waals surface area (Å²) in [5.41, 5.74) is 2.73. The van der Waals surface area contributed by atoms with Crippen molar-refractivity contribution in [3.8, 4) is 0 Å². The second kappa shape index (κ2) is 6.70. The van der Waals surface area contributed by atoms with Gasteiger partial charge in [-0.1, -0.05) is 6.92 Å². The first-order valence-electron chi connectivity index (χ1n) is 9.34. The molecule has 2 aromatic rings. The fraction of sp³-hybridized carbons (Fsp3) is 0.579. The lowest BCUT2D eigenvalue weighted by atomic mass is 10.0. The van der Waals surface area contributed by atoms with Crippen molar-refractivity contribution in [1.29, 1.82) is 0 Å². The van der Waals surface area contributed by atoms with Crippen LogP contribution in [0.5, 0.6) is 0 Å². The van der Waals surface area contributed by atoms with Gasteiger partial charge in [0, 0.05) is 37.4 Å². The summed E-state index contributed by atoms with van der Waals surface area (Å²) < 4.78 is 5.82. The minimum atomic E-state index is -0.0832. The van der Waals surface area contributed by atoms with Crippen molar-refractivity contribution in [3.63, 3.8) is 0 Å². The number of anilines is 1. The van der Waals surface area contributed by atoms with Crippen LogP contribution in [0.25, 0.3) is 0 Å². The van der Waals surface area contributed by atoms with E-state index in [4.69, 9.17) is 4.42 Å². The Labute approximate surface area is 153 Å². The van der Waals surface area contributed by atoms with E-state index in [1.807, 2.05) is 24.8 Å². The highest BCUT2D eigenvalue weighted by Gasteiger charge is 2.30. The summed E-state index contributed by atoms with van der Waals surface area (Å²) in [4.78, 5) is 30.3. The number of rotatable bonds is 2. The molecule has 1 saturated heterocycles. The third-order valence-corrected chi connectivity index (χ3v) is 5.11. The lowest BCUT2D eigenvalue weighted by molar-refractivity contribution is 0.0641. The fourth-order valence-electron chi connectivity index (χ4n) is 3.82. The van der Waals surface area contributed by atoms with Gasteiger partial charge in [-0.05, 0) is 38.7 Å². The lowest BCUT2D eigenvalue weighted by Crippen LogP contribution is -2.39. The highest BCUT2D eigenvalue weighted by Crippen LogP contribution is 2.25. The molecule has 26 heavy (non-hydrogen) atoms. The van der Waals surface area contributed by atoms with Crippen LogP contribution in [0.3, 0.4) is 0 Å². The average Bonchev–Trinajstić information content (AvgIpc) is 3.03. The first-order valence-corrected chi connectivity index (χ1v) is 9.34. The number of oxazole rings is 1. The van der Waals surface area contributed by atoms with E-state index < -0.39 is 0 Å². The Morgan fingerprint density at radius 1 is 1.19 bits per heavy atom. The van der Waals surface area contributed by atoms with Crippen LogP contribution in [-0.4, -0.2) is 45.4 Å². The molecule has 1 fully saturated rings. The number of piperidine rings is 1. The number of likely N-dealkylation sites (tertiary alicyclic amines) is 1. The molecular weight excluding hydrogens is 330 g/mol. The molecule has 4 heterocycles. The maximum Gasteiger partial charge on any atom is 0.309 e. The van der Waals surface area contributed by atoms with Crippen LogP contribution < -0.4 is 4.90 Å². The zero-order valence-corrected chi connectivity index (χ0v) is 15.7. The molecule has 1 unspecified atom stereocenters. The van der Waals surface area contributed by atoms with E-state index in [1.165, 1.54) is 6.42 Å². The summed E-state index contributed by atoms with van der Waals surface area (Å²) in [5.74, 6) is 2.22. The molecular formula is C19H25N5O2. The predicted molar refractivity (Wildman–Crippen MR) is 97.1 cm³/mol. The number of carbonyl (C=O) groups excluding carboxylic acids is 1. The molecule has 0 spiro atoms. The van der Waals surface area contributed by atoms with E-state index in [-0.39, 0.29) is 11.8 Å². The summed E-state index contributed by atoms with van der Waals surface area (Å²) in [6, 6.07) is 1.96. The van der Waals surface area contributed by atoms with Crippen molar-refractivity contribution >= 4 is 11.9 Å². The van der Waals surface area contributed by atoms with E-state index in [1.54, 1.807) is 0 Å². The molecule has 4 rings (SSSR count). The summed E-state index contributed by atoms with van der Waals surface area (Å²) in [5, 5.41) is 0. The summed E-state index contributed by atoms with van der Waals surface area (Å²) >= 11 is 0. The third-order valence-electron chi connectivity index (χ3n) is 5.11. The summed E-state index contributed by atoms with van der Waals surface area (Å²) in [7, 11) is 0. The molecule has 2 aliphatic rings. The van der Waals surface area contributed by atoms with Crippen LogP contribution in [0, 0.1) is 19.8 Å². The van der Waals surface area contributed by atoms with Gasteiger partial charge in [-0.3, -0.25) is 4.79 Å². The van der Waals surface area contributed by atoms with E-state index >= 15 is 0 Å². The molecule has 0 saturated carbocycles. The molecule has 2 aromatic heterocycles. The summed E-state index contributed by atoms with van der Waals surface area (Å²) in [6.07, 6.45) is 2.93. The van der Waals surface area contributed by atoms with Crippen molar-refractivity contribution in [1.82, 2.24) is 19.9 Å². The Morgan fingerprint density at radius 2 is 1.96 bits per heavy atom. The monoisotopic (exact) mass is 355 g/mol. The van der Waals surface area contributed by atoms with Gasteiger partial charge in [0.05, 0.1) is 6.54 Å². The average molecular weight is 355 g/mol. The minimum Gasteiger partial charge on any atom is -0.437 e. The first kappa shape index (κ1) is 17.0. The second-order valence-corrected chi connectivity index (χ2v) is 7.51. The van der Waals surface area contributed by atoms with Gasteiger partial charge < -0.3 is 14.2 Å². The topological polar surface area (TPSA) is 75.4 Å². The zero-order chi connectivity index (χ0) is 18.3. The lowest BCUT2D eigenvalue weighted by Gasteiger charge is -2.29. The van der Waals surface area contributed by atoms with Crippen molar-refractivity contribution in [2.45, 2.75) is 46.6 Å². The largest absolute Gasteiger partial charge is 0.437 e. The molecule has 0 N–H and O–H groups in total. The molecule has 0 bridgehead atoms. The number of nitrogens with zero attached hydrogens (tertiary/aromatic N) is 5. The number of amides is 1. The number of fused-ring (bicyclic) bond motifs is 1. The van der Waals surface area contributed by atoms with Gasteiger partial charge in [-0.15, -0.1) is 0 Å². The number of carbonyl (C=O) groups is 1. The van der Waals surface area contributed by atoms with Crippen LogP contribution in [0.4, 0.5) is 5.95 Å². The van der Waals surface area contributed by atoms with Gasteiger partial charge in [-0.2, -0.15) is 0 Å². The van der Waals surface area contributed by atoms with Gasteiger partial charge in [0.2, 0.25) is 5.95 Å². The van der Waals surface area contributed by atoms with Crippen LogP contribution in [-0.2, 0) is 13.0 Å². The van der Waals surface area contributed by atoms with Crippen molar-refractivity contribution in [2.75, 3.05) is 24.5 Å². The first-order chi connectivity index (χ1) is 12.5. The van der Waals surface area contributed by atoms with E-state index in [0.29, 0.717) is 24.8 Å². The quantitative estimate of drug-likeness (QED) is 0.824. The molecule has 1 amide bonds. The Bertz CT molecular complexity index is 811. The van der Waals surface area contributed by atoms with Gasteiger partial charge in [0.15, 0.2) is 0 Å². The van der Waals surface area contributed by atoms with Gasteiger partial charge >= 0.3 is 5.91 Å². The van der Waals surface area contributed by atoms with Gasteiger partial charge in [-0.25, -0.2) is 15.0 Å². The van der Waals surface area contributed by atoms with Gasteiger partial charge in [0.25, 0.3) is 5.89 Å². The Balaban J connectivity index is 1.52.